The molecule has 1 aromatic heterocycles. The van der Waals surface area contributed by atoms with Gasteiger partial charge in [0.05, 0.1) is 6.04 Å². The number of Topliss-reactive ketones (excluding diaryl/α,β-unsaturated/α-hetero) is 1. The van der Waals surface area contributed by atoms with Gasteiger partial charge in [-0.05, 0) is 51.0 Å². The molecule has 0 unspecified atom stereocenters. The zero-order valence-electron chi connectivity index (χ0n) is 15.1. The molecule has 0 radical (unpaired) electrons. The minimum atomic E-state index is -0.241. The predicted octanol–water partition coefficient (Wildman–Crippen LogP) is 2.85. The fraction of sp³-hybridized carbons (Fsp3) is 0.474. The zero-order chi connectivity index (χ0) is 18.5. The summed E-state index contributed by atoms with van der Waals surface area (Å²) in [7, 11) is 0. The Balaban J connectivity index is 1.53. The zero-order valence-corrected chi connectivity index (χ0v) is 15.1. The average Bonchev–Trinajstić information content (AvgIpc) is 3.31. The topological polar surface area (TPSA) is 86.1 Å². The lowest BCUT2D eigenvalue weighted by atomic mass is 10.1. The monoisotopic (exact) mass is 356 g/mol. The summed E-state index contributed by atoms with van der Waals surface area (Å²) >= 11 is 0. The van der Waals surface area contributed by atoms with E-state index in [-0.39, 0.29) is 24.3 Å². The molecule has 0 aliphatic heterocycles. The Kier molecular flexibility index (Phi) is 5.65. The molecular formula is C19H24N4O3. The van der Waals surface area contributed by atoms with Gasteiger partial charge >= 0.3 is 0 Å². The minimum Gasteiger partial charge on any atom is -0.484 e. The molecule has 26 heavy (non-hydrogen) atoms. The van der Waals surface area contributed by atoms with Crippen LogP contribution < -0.4 is 10.1 Å². The smallest absolute Gasteiger partial charge is 0.258 e. The van der Waals surface area contributed by atoms with E-state index < -0.39 is 0 Å². The van der Waals surface area contributed by atoms with Gasteiger partial charge in [-0.1, -0.05) is 12.8 Å². The van der Waals surface area contributed by atoms with Crippen molar-refractivity contribution in [2.45, 2.75) is 51.6 Å². The number of benzene rings is 1. The number of aromatic nitrogens is 3. The molecule has 1 aliphatic carbocycles. The Labute approximate surface area is 152 Å². The lowest BCUT2D eigenvalue weighted by Gasteiger charge is -2.18. The minimum absolute atomic E-state index is 0.00510. The van der Waals surface area contributed by atoms with Crippen molar-refractivity contribution in [3.63, 3.8) is 0 Å². The highest BCUT2D eigenvalue weighted by Gasteiger charge is 2.23. The summed E-state index contributed by atoms with van der Waals surface area (Å²) in [6.45, 7) is 3.31. The van der Waals surface area contributed by atoms with Gasteiger partial charge in [0.25, 0.3) is 5.91 Å². The van der Waals surface area contributed by atoms with Crippen LogP contribution in [0.4, 0.5) is 0 Å². The summed E-state index contributed by atoms with van der Waals surface area (Å²) in [5, 5.41) is 11.1. The number of nitrogens with one attached hydrogen (secondary N) is 1. The van der Waals surface area contributed by atoms with Crippen LogP contribution in [0, 0.1) is 0 Å². The third kappa shape index (κ3) is 4.28. The van der Waals surface area contributed by atoms with E-state index in [4.69, 9.17) is 4.74 Å². The van der Waals surface area contributed by atoms with Crippen molar-refractivity contribution < 1.29 is 14.3 Å². The van der Waals surface area contributed by atoms with Crippen molar-refractivity contribution in [2.75, 3.05) is 6.61 Å². The molecule has 0 saturated heterocycles. The lowest BCUT2D eigenvalue weighted by molar-refractivity contribution is -0.123. The first-order chi connectivity index (χ1) is 12.5. The number of nitrogens with zero attached hydrogens (tertiary/aromatic N) is 3. The summed E-state index contributed by atoms with van der Waals surface area (Å²) in [4.78, 5) is 23.4. The van der Waals surface area contributed by atoms with Gasteiger partial charge in [-0.3, -0.25) is 9.59 Å². The van der Waals surface area contributed by atoms with Gasteiger partial charge in [0.2, 0.25) is 0 Å². The molecule has 1 aromatic carbocycles. The molecule has 7 heteroatoms. The van der Waals surface area contributed by atoms with Crippen molar-refractivity contribution in [2.24, 2.45) is 0 Å². The van der Waals surface area contributed by atoms with Crippen LogP contribution in [0.25, 0.3) is 0 Å². The molecular weight excluding hydrogens is 332 g/mol. The van der Waals surface area contributed by atoms with Crippen LogP contribution in [0.3, 0.4) is 0 Å². The fourth-order valence-electron chi connectivity index (χ4n) is 3.31. The number of carbonyl (C=O) groups is 2. The van der Waals surface area contributed by atoms with Crippen LogP contribution in [0.5, 0.6) is 5.75 Å². The highest BCUT2D eigenvalue weighted by atomic mass is 16.5. The molecule has 1 N–H and O–H groups in total. The number of amides is 1. The predicted molar refractivity (Wildman–Crippen MR) is 96.0 cm³/mol. The lowest BCUT2D eigenvalue weighted by Crippen LogP contribution is -2.33. The maximum atomic E-state index is 12.2. The maximum absolute atomic E-state index is 12.2. The molecule has 1 heterocycles. The number of ketones is 1. The standard InChI is InChI=1S/C19H24N4O3/c1-13(19-22-20-12-23(19)16-5-3-4-6-16)21-18(25)11-26-17-9-7-15(8-10-17)14(2)24/h7-10,12-13,16H,3-6,11H2,1-2H3,(H,21,25)/t13-/m1/s1. The molecule has 0 spiro atoms. The van der Waals surface area contributed by atoms with Crippen molar-refractivity contribution in [1.29, 1.82) is 0 Å². The van der Waals surface area contributed by atoms with E-state index in [0.717, 1.165) is 18.7 Å². The van der Waals surface area contributed by atoms with Crippen molar-refractivity contribution in [3.05, 3.63) is 42.0 Å². The van der Waals surface area contributed by atoms with Crippen LogP contribution in [-0.4, -0.2) is 33.1 Å². The quantitative estimate of drug-likeness (QED) is 0.771. The van der Waals surface area contributed by atoms with E-state index >= 15 is 0 Å². The van der Waals surface area contributed by atoms with Gasteiger partial charge in [-0.15, -0.1) is 10.2 Å². The summed E-state index contributed by atoms with van der Waals surface area (Å²) in [5.74, 6) is 1.09. The maximum Gasteiger partial charge on any atom is 0.258 e. The Morgan fingerprint density at radius 1 is 1.27 bits per heavy atom. The van der Waals surface area contributed by atoms with Crippen LogP contribution in [-0.2, 0) is 4.79 Å². The highest BCUT2D eigenvalue weighted by Crippen LogP contribution is 2.31. The van der Waals surface area contributed by atoms with Gasteiger partial charge in [0.1, 0.15) is 12.1 Å². The van der Waals surface area contributed by atoms with Gasteiger partial charge in [0, 0.05) is 11.6 Å². The van der Waals surface area contributed by atoms with Crippen molar-refractivity contribution in [1.82, 2.24) is 20.1 Å². The first kappa shape index (κ1) is 18.1. The van der Waals surface area contributed by atoms with Gasteiger partial charge < -0.3 is 14.6 Å². The first-order valence-electron chi connectivity index (χ1n) is 8.97. The SMILES string of the molecule is CC(=O)c1ccc(OCC(=O)N[C@H](C)c2nncn2C2CCCC2)cc1. The molecule has 138 valence electrons. The van der Waals surface area contributed by atoms with E-state index in [1.807, 2.05) is 6.92 Å². The van der Waals surface area contributed by atoms with Gasteiger partial charge in [0.15, 0.2) is 18.2 Å². The van der Waals surface area contributed by atoms with E-state index in [2.05, 4.69) is 20.1 Å². The van der Waals surface area contributed by atoms with Crippen LogP contribution in [0.2, 0.25) is 0 Å². The molecule has 3 rings (SSSR count). The summed E-state index contributed by atoms with van der Waals surface area (Å²) in [6, 6.07) is 6.92. The number of rotatable bonds is 7. The van der Waals surface area contributed by atoms with E-state index in [1.165, 1.54) is 19.8 Å². The van der Waals surface area contributed by atoms with E-state index in [0.29, 0.717) is 17.4 Å². The molecule has 1 atom stereocenters. The number of ether oxygens (including phenoxy) is 1. The Morgan fingerprint density at radius 2 is 1.96 bits per heavy atom. The van der Waals surface area contributed by atoms with Crippen LogP contribution >= 0.6 is 0 Å². The van der Waals surface area contributed by atoms with Crippen LogP contribution in [0.15, 0.2) is 30.6 Å². The van der Waals surface area contributed by atoms with Crippen LogP contribution in [0.1, 0.15) is 67.8 Å². The second-order valence-corrected chi connectivity index (χ2v) is 6.69. The molecule has 7 nitrogen and oxygen atoms in total. The number of hydrogen-bond acceptors (Lipinski definition) is 5. The van der Waals surface area contributed by atoms with E-state index in [1.54, 1.807) is 30.6 Å². The molecule has 1 aliphatic rings. The summed E-state index contributed by atoms with van der Waals surface area (Å²) in [6.07, 6.45) is 6.45. The normalized spacial score (nSPS) is 15.6. The number of hydrogen-bond donors (Lipinski definition) is 1. The Bertz CT molecular complexity index is 763. The second kappa shape index (κ2) is 8.12. The molecule has 1 saturated carbocycles. The van der Waals surface area contributed by atoms with Crippen molar-refractivity contribution >= 4 is 11.7 Å². The molecule has 2 aromatic rings. The third-order valence-corrected chi connectivity index (χ3v) is 4.71. The first-order valence-corrected chi connectivity index (χ1v) is 8.97. The largest absolute Gasteiger partial charge is 0.484 e. The molecule has 0 bridgehead atoms. The summed E-state index contributed by atoms with van der Waals surface area (Å²) in [5.41, 5.74) is 0.613. The Hall–Kier alpha value is -2.70. The average molecular weight is 356 g/mol. The molecule has 1 amide bonds. The number of carbonyl (C=O) groups excluding carboxylic acids is 2. The van der Waals surface area contributed by atoms with E-state index in [9.17, 15) is 9.59 Å². The second-order valence-electron chi connectivity index (χ2n) is 6.69. The fourth-order valence-corrected chi connectivity index (χ4v) is 3.31. The van der Waals surface area contributed by atoms with Gasteiger partial charge in [-0.2, -0.15) is 0 Å². The summed E-state index contributed by atoms with van der Waals surface area (Å²) < 4.78 is 7.57. The van der Waals surface area contributed by atoms with Gasteiger partial charge in [-0.25, -0.2) is 0 Å². The highest BCUT2D eigenvalue weighted by molar-refractivity contribution is 5.94. The third-order valence-electron chi connectivity index (χ3n) is 4.71. The van der Waals surface area contributed by atoms with Crippen molar-refractivity contribution in [3.8, 4) is 5.75 Å². The Morgan fingerprint density at radius 3 is 2.62 bits per heavy atom. The molecule has 1 fully saturated rings.